The van der Waals surface area contributed by atoms with Crippen LogP contribution in [-0.2, 0) is 0 Å². The van der Waals surface area contributed by atoms with Crippen molar-refractivity contribution in [3.63, 3.8) is 0 Å². The largest absolute Gasteiger partial charge is 0.384 e. The molecule has 1 aromatic heterocycles. The number of hydrogen-bond acceptors (Lipinski definition) is 3. The zero-order valence-electron chi connectivity index (χ0n) is 11.2. The molecule has 1 N–H and O–H groups in total. The maximum atomic E-state index is 12.6. The number of nitrogens with zero attached hydrogens (tertiary/aromatic N) is 1. The average Bonchev–Trinajstić information content (AvgIpc) is 2.95. The third-order valence-corrected chi connectivity index (χ3v) is 3.69. The number of carbonyl (C=O) groups excluding carboxylic acids is 1. The molecule has 2 rings (SSSR count). The van der Waals surface area contributed by atoms with Crippen LogP contribution in [0.25, 0.3) is 0 Å². The van der Waals surface area contributed by atoms with Gasteiger partial charge in [0.1, 0.15) is 11.5 Å². The summed E-state index contributed by atoms with van der Waals surface area (Å²) in [6.45, 7) is 2.32. The van der Waals surface area contributed by atoms with Crippen LogP contribution in [-0.4, -0.2) is 24.2 Å². The van der Waals surface area contributed by atoms with E-state index in [-0.39, 0.29) is 12.5 Å². The van der Waals surface area contributed by atoms with Crippen LogP contribution in [0.3, 0.4) is 0 Å². The Balaban J connectivity index is 2.33. The summed E-state index contributed by atoms with van der Waals surface area (Å²) in [6, 6.07) is 11.4. The Kier molecular flexibility index (Phi) is 4.94. The monoisotopic (exact) mass is 285 g/mol. The molecule has 102 valence electrons. The molecular weight excluding hydrogens is 270 g/mol. The normalized spacial score (nSPS) is 9.70. The predicted octanol–water partition coefficient (Wildman–Crippen LogP) is 2.76. The quantitative estimate of drug-likeness (QED) is 0.881. The SMILES string of the molecule is CCN(C(=O)c1sccc1C#CCO)c1ccccc1. The van der Waals surface area contributed by atoms with Crippen molar-refractivity contribution in [1.29, 1.82) is 0 Å². The first kappa shape index (κ1) is 14.3. The molecule has 20 heavy (non-hydrogen) atoms. The molecule has 0 bridgehead atoms. The van der Waals surface area contributed by atoms with Crippen LogP contribution in [0, 0.1) is 11.8 Å². The molecule has 0 atom stereocenters. The molecule has 0 aliphatic carbocycles. The fraction of sp³-hybridized carbons (Fsp3) is 0.188. The molecule has 0 spiro atoms. The van der Waals surface area contributed by atoms with Gasteiger partial charge < -0.3 is 10.0 Å². The Morgan fingerprint density at radius 3 is 2.70 bits per heavy atom. The Hall–Kier alpha value is -2.09. The highest BCUT2D eigenvalue weighted by molar-refractivity contribution is 7.12. The third kappa shape index (κ3) is 3.08. The van der Waals surface area contributed by atoms with Gasteiger partial charge in [0.25, 0.3) is 5.91 Å². The summed E-state index contributed by atoms with van der Waals surface area (Å²) in [5.74, 6) is 5.34. The number of rotatable bonds is 3. The zero-order valence-corrected chi connectivity index (χ0v) is 12.0. The topological polar surface area (TPSA) is 40.5 Å². The Morgan fingerprint density at radius 2 is 2.05 bits per heavy atom. The van der Waals surface area contributed by atoms with E-state index >= 15 is 0 Å². The highest BCUT2D eigenvalue weighted by Gasteiger charge is 2.19. The lowest BCUT2D eigenvalue weighted by molar-refractivity contribution is 0.0992. The lowest BCUT2D eigenvalue weighted by Crippen LogP contribution is -2.30. The van der Waals surface area contributed by atoms with E-state index in [2.05, 4.69) is 11.8 Å². The van der Waals surface area contributed by atoms with Crippen LogP contribution in [0.2, 0.25) is 0 Å². The molecule has 0 saturated carbocycles. The lowest BCUT2D eigenvalue weighted by atomic mass is 10.2. The van der Waals surface area contributed by atoms with Gasteiger partial charge >= 0.3 is 0 Å². The summed E-state index contributed by atoms with van der Waals surface area (Å²) in [5, 5.41) is 10.6. The van der Waals surface area contributed by atoms with Crippen molar-refractivity contribution in [2.75, 3.05) is 18.1 Å². The number of thiophene rings is 1. The lowest BCUT2D eigenvalue weighted by Gasteiger charge is -2.20. The molecule has 1 heterocycles. The van der Waals surface area contributed by atoms with E-state index in [1.54, 1.807) is 11.0 Å². The third-order valence-electron chi connectivity index (χ3n) is 2.79. The number of aliphatic hydroxyl groups excluding tert-OH is 1. The van der Waals surface area contributed by atoms with E-state index in [1.165, 1.54) is 11.3 Å². The second-order valence-electron chi connectivity index (χ2n) is 4.01. The molecule has 2 aromatic rings. The van der Waals surface area contributed by atoms with E-state index < -0.39 is 0 Å². The molecule has 0 aliphatic heterocycles. The summed E-state index contributed by atoms with van der Waals surface area (Å²) < 4.78 is 0. The number of aliphatic hydroxyl groups is 1. The van der Waals surface area contributed by atoms with E-state index in [0.717, 1.165) is 5.69 Å². The first-order valence-electron chi connectivity index (χ1n) is 6.32. The maximum absolute atomic E-state index is 12.6. The van der Waals surface area contributed by atoms with Crippen LogP contribution in [0.5, 0.6) is 0 Å². The number of carbonyl (C=O) groups is 1. The van der Waals surface area contributed by atoms with Crippen LogP contribution in [0.1, 0.15) is 22.2 Å². The van der Waals surface area contributed by atoms with Crippen molar-refractivity contribution in [1.82, 2.24) is 0 Å². The van der Waals surface area contributed by atoms with Gasteiger partial charge in [-0.25, -0.2) is 0 Å². The van der Waals surface area contributed by atoms with Gasteiger partial charge in [0.2, 0.25) is 0 Å². The zero-order chi connectivity index (χ0) is 14.4. The summed E-state index contributed by atoms with van der Waals surface area (Å²) in [7, 11) is 0. The molecule has 0 unspecified atom stereocenters. The Bertz CT molecular complexity index is 637. The van der Waals surface area contributed by atoms with Gasteiger partial charge in [-0.3, -0.25) is 4.79 Å². The standard InChI is InChI=1S/C16H15NO2S/c1-2-17(14-8-4-3-5-9-14)16(19)15-13(7-6-11-18)10-12-20-15/h3-5,8-10,12,18H,2,11H2,1H3. The van der Waals surface area contributed by atoms with Gasteiger partial charge in [-0.15, -0.1) is 11.3 Å². The Morgan fingerprint density at radius 1 is 1.30 bits per heavy atom. The van der Waals surface area contributed by atoms with Crippen molar-refractivity contribution in [3.8, 4) is 11.8 Å². The molecule has 1 amide bonds. The highest BCUT2D eigenvalue weighted by Crippen LogP contribution is 2.22. The van der Waals surface area contributed by atoms with Crippen molar-refractivity contribution >= 4 is 22.9 Å². The first-order chi connectivity index (χ1) is 9.77. The second kappa shape index (κ2) is 6.90. The van der Waals surface area contributed by atoms with Crippen molar-refractivity contribution in [3.05, 3.63) is 52.2 Å². The molecule has 3 nitrogen and oxygen atoms in total. The minimum absolute atomic E-state index is 0.0593. The summed E-state index contributed by atoms with van der Waals surface area (Å²) in [6.07, 6.45) is 0. The number of benzene rings is 1. The molecular formula is C16H15NO2S. The van der Waals surface area contributed by atoms with Gasteiger partial charge in [0, 0.05) is 17.8 Å². The highest BCUT2D eigenvalue weighted by atomic mass is 32.1. The van der Waals surface area contributed by atoms with Gasteiger partial charge in [0.15, 0.2) is 0 Å². The van der Waals surface area contributed by atoms with Crippen molar-refractivity contribution in [2.24, 2.45) is 0 Å². The number of para-hydroxylation sites is 1. The average molecular weight is 285 g/mol. The van der Waals surface area contributed by atoms with Crippen LogP contribution in [0.15, 0.2) is 41.8 Å². The summed E-state index contributed by atoms with van der Waals surface area (Å²) in [5.41, 5.74) is 1.54. The van der Waals surface area contributed by atoms with Crippen molar-refractivity contribution < 1.29 is 9.90 Å². The summed E-state index contributed by atoms with van der Waals surface area (Å²) >= 11 is 1.37. The van der Waals surface area contributed by atoms with Gasteiger partial charge in [-0.05, 0) is 30.5 Å². The molecule has 0 aliphatic rings. The van der Waals surface area contributed by atoms with Crippen LogP contribution >= 0.6 is 11.3 Å². The number of hydrogen-bond donors (Lipinski definition) is 1. The van der Waals surface area contributed by atoms with E-state index in [0.29, 0.717) is 17.0 Å². The fourth-order valence-corrected chi connectivity index (χ4v) is 2.68. The van der Waals surface area contributed by atoms with Gasteiger partial charge in [0.05, 0.1) is 0 Å². The van der Waals surface area contributed by atoms with E-state index in [4.69, 9.17) is 5.11 Å². The van der Waals surface area contributed by atoms with Crippen molar-refractivity contribution in [2.45, 2.75) is 6.92 Å². The molecule has 0 radical (unpaired) electrons. The first-order valence-corrected chi connectivity index (χ1v) is 7.20. The van der Waals surface area contributed by atoms with Gasteiger partial charge in [-0.2, -0.15) is 0 Å². The predicted molar refractivity (Wildman–Crippen MR) is 82.1 cm³/mol. The molecule has 0 fully saturated rings. The number of amides is 1. The molecule has 0 saturated heterocycles. The van der Waals surface area contributed by atoms with Crippen LogP contribution in [0.4, 0.5) is 5.69 Å². The summed E-state index contributed by atoms with van der Waals surface area (Å²) in [4.78, 5) is 15.0. The fourth-order valence-electron chi connectivity index (χ4n) is 1.88. The maximum Gasteiger partial charge on any atom is 0.269 e. The van der Waals surface area contributed by atoms with E-state index in [9.17, 15) is 4.79 Å². The molecule has 1 aromatic carbocycles. The minimum atomic E-state index is -0.209. The van der Waals surface area contributed by atoms with E-state index in [1.807, 2.05) is 42.6 Å². The minimum Gasteiger partial charge on any atom is -0.384 e. The Labute approximate surface area is 122 Å². The second-order valence-corrected chi connectivity index (χ2v) is 4.92. The van der Waals surface area contributed by atoms with Crippen LogP contribution < -0.4 is 4.90 Å². The van der Waals surface area contributed by atoms with Gasteiger partial charge in [-0.1, -0.05) is 30.0 Å². The number of anilines is 1. The molecule has 4 heteroatoms. The smallest absolute Gasteiger partial charge is 0.269 e.